The molecule has 0 saturated heterocycles. The van der Waals surface area contributed by atoms with E-state index in [1.165, 1.54) is 5.69 Å². The van der Waals surface area contributed by atoms with Gasteiger partial charge in [-0.25, -0.2) is 4.79 Å². The summed E-state index contributed by atoms with van der Waals surface area (Å²) >= 11 is 6.35. The van der Waals surface area contributed by atoms with E-state index in [-0.39, 0.29) is 5.92 Å². The first-order valence-electron chi connectivity index (χ1n) is 12.5. The van der Waals surface area contributed by atoms with Gasteiger partial charge in [-0.3, -0.25) is 9.55 Å². The minimum atomic E-state index is -0.748. The van der Waals surface area contributed by atoms with Crippen LogP contribution in [0.3, 0.4) is 0 Å². The number of halogens is 1. The Morgan fingerprint density at radius 3 is 2.50 bits per heavy atom. The molecule has 3 aromatic rings. The molecule has 1 aromatic carbocycles. The molecule has 2 aromatic heterocycles. The summed E-state index contributed by atoms with van der Waals surface area (Å²) in [7, 11) is 0. The van der Waals surface area contributed by atoms with Crippen LogP contribution in [-0.4, -0.2) is 36.6 Å². The fourth-order valence-corrected chi connectivity index (χ4v) is 5.33. The number of benzene rings is 1. The van der Waals surface area contributed by atoms with E-state index in [9.17, 15) is 4.79 Å². The van der Waals surface area contributed by atoms with Gasteiger partial charge in [0.25, 0.3) is 0 Å². The van der Waals surface area contributed by atoms with Gasteiger partial charge in [-0.2, -0.15) is 0 Å². The Morgan fingerprint density at radius 2 is 1.78 bits per heavy atom. The van der Waals surface area contributed by atoms with Gasteiger partial charge in [0, 0.05) is 28.2 Å². The van der Waals surface area contributed by atoms with Crippen LogP contribution >= 0.6 is 11.6 Å². The van der Waals surface area contributed by atoms with Crippen LogP contribution in [0.4, 0.5) is 4.79 Å². The van der Waals surface area contributed by atoms with Crippen LogP contribution in [0.2, 0.25) is 5.02 Å². The van der Waals surface area contributed by atoms with Gasteiger partial charge in [0.2, 0.25) is 0 Å². The zero-order valence-corrected chi connectivity index (χ0v) is 22.0. The van der Waals surface area contributed by atoms with Crippen LogP contribution in [0.15, 0.2) is 36.4 Å². The van der Waals surface area contributed by atoms with Crippen molar-refractivity contribution in [1.29, 1.82) is 0 Å². The van der Waals surface area contributed by atoms with Crippen LogP contribution in [-0.2, 0) is 22.7 Å². The molecule has 0 N–H and O–H groups in total. The van der Waals surface area contributed by atoms with E-state index in [0.717, 1.165) is 54.3 Å². The summed E-state index contributed by atoms with van der Waals surface area (Å²) in [6, 6.07) is 12.0. The molecule has 1 aliphatic carbocycles. The molecule has 1 fully saturated rings. The van der Waals surface area contributed by atoms with Gasteiger partial charge in [-0.05, 0) is 89.3 Å². The maximum Gasteiger partial charge on any atom is 0.528 e. The molecule has 0 radical (unpaired) electrons. The number of hydroxylamine groups is 2. The second kappa shape index (κ2) is 9.82. The summed E-state index contributed by atoms with van der Waals surface area (Å²) < 4.78 is 7.48. The Balaban J connectivity index is 1.40. The first kappa shape index (κ1) is 24.7. The summed E-state index contributed by atoms with van der Waals surface area (Å²) in [6.45, 7) is 8.11. The fraction of sp³-hybridized carbons (Fsp3) is 0.481. The van der Waals surface area contributed by atoms with Crippen LogP contribution < -0.4 is 0 Å². The van der Waals surface area contributed by atoms with Crippen molar-refractivity contribution in [3.05, 3.63) is 70.0 Å². The molecule has 5 rings (SSSR count). The van der Waals surface area contributed by atoms with Crippen LogP contribution in [0.5, 0.6) is 0 Å². The molecule has 8 nitrogen and oxygen atoms in total. The smallest absolute Gasteiger partial charge is 0.427 e. The number of pyridine rings is 1. The van der Waals surface area contributed by atoms with Crippen LogP contribution in [0.1, 0.15) is 86.9 Å². The minimum absolute atomic E-state index is 0.286. The normalized spacial score (nSPS) is 20.2. The van der Waals surface area contributed by atoms with Crippen LogP contribution in [0.25, 0.3) is 5.69 Å². The number of ether oxygens (including phenoxy) is 1. The topological polar surface area (TPSA) is 82.4 Å². The number of hydrogen-bond acceptors (Lipinski definition) is 7. The number of carbonyl (C=O) groups is 1. The molecule has 0 unspecified atom stereocenters. The molecular formula is C27H32ClN5O3. The van der Waals surface area contributed by atoms with Crippen molar-refractivity contribution >= 4 is 17.8 Å². The van der Waals surface area contributed by atoms with E-state index in [2.05, 4.69) is 26.9 Å². The van der Waals surface area contributed by atoms with Crippen molar-refractivity contribution in [3.63, 3.8) is 0 Å². The molecule has 190 valence electrons. The third kappa shape index (κ3) is 5.39. The molecule has 0 spiro atoms. The van der Waals surface area contributed by atoms with E-state index in [1.807, 2.05) is 31.2 Å². The molecule has 0 bridgehead atoms. The average Bonchev–Trinajstić information content (AvgIpc) is 3.14. The molecule has 3 heterocycles. The van der Waals surface area contributed by atoms with Gasteiger partial charge >= 0.3 is 6.16 Å². The molecule has 1 saturated carbocycles. The minimum Gasteiger partial charge on any atom is -0.427 e. The SMILES string of the molecule is Cc1cccc([C@H]2CC[C@H](c3nnc4n3-c3ccc(Cl)cc3CN(OC(=O)OC(C)(C)C)C4)CC2)n1. The van der Waals surface area contributed by atoms with E-state index >= 15 is 0 Å². The summed E-state index contributed by atoms with van der Waals surface area (Å²) in [5.41, 5.74) is 3.49. The number of aryl methyl sites for hydroxylation is 1. The molecule has 0 atom stereocenters. The lowest BCUT2D eigenvalue weighted by atomic mass is 9.80. The first-order chi connectivity index (χ1) is 17.2. The summed E-state index contributed by atoms with van der Waals surface area (Å²) in [5.74, 6) is 2.42. The van der Waals surface area contributed by atoms with Gasteiger partial charge in [0.15, 0.2) is 5.82 Å². The molecule has 1 aliphatic heterocycles. The number of carbonyl (C=O) groups excluding carboxylic acids is 1. The fourth-order valence-electron chi connectivity index (χ4n) is 5.14. The molecule has 36 heavy (non-hydrogen) atoms. The Kier molecular flexibility index (Phi) is 6.74. The summed E-state index contributed by atoms with van der Waals surface area (Å²) in [5, 5.41) is 11.3. The van der Waals surface area contributed by atoms with Crippen molar-refractivity contribution in [2.45, 2.75) is 83.9 Å². The second-order valence-electron chi connectivity index (χ2n) is 10.7. The second-order valence-corrected chi connectivity index (χ2v) is 11.1. The summed E-state index contributed by atoms with van der Waals surface area (Å²) in [6.07, 6.45) is 3.40. The molecular weight excluding hydrogens is 478 g/mol. The number of hydrogen-bond donors (Lipinski definition) is 0. The highest BCUT2D eigenvalue weighted by Crippen LogP contribution is 2.41. The number of fused-ring (bicyclic) bond motifs is 3. The maximum atomic E-state index is 12.4. The van der Waals surface area contributed by atoms with Gasteiger partial charge in [0.05, 0.1) is 18.8 Å². The lowest BCUT2D eigenvalue weighted by Crippen LogP contribution is -2.31. The standard InChI is InChI=1S/C27H32ClN5O3/c1-17-6-5-7-22(29-17)18-8-10-19(11-9-18)25-31-30-24-16-32(36-26(34)35-27(2,3)4)15-20-14-21(28)12-13-23(20)33(24)25/h5-7,12-14,18-19H,8-11,15-16H2,1-4H3/t18-,19-. The number of nitrogens with zero attached hydrogens (tertiary/aromatic N) is 5. The Morgan fingerprint density at radius 1 is 1.03 bits per heavy atom. The summed E-state index contributed by atoms with van der Waals surface area (Å²) in [4.78, 5) is 22.7. The highest BCUT2D eigenvalue weighted by atomic mass is 35.5. The average molecular weight is 510 g/mol. The van der Waals surface area contributed by atoms with Gasteiger partial charge in [0.1, 0.15) is 11.4 Å². The predicted octanol–water partition coefficient (Wildman–Crippen LogP) is 6.25. The largest absolute Gasteiger partial charge is 0.528 e. The maximum absolute atomic E-state index is 12.4. The molecule has 9 heteroatoms. The highest BCUT2D eigenvalue weighted by Gasteiger charge is 2.32. The quantitative estimate of drug-likeness (QED) is 0.386. The van der Waals surface area contributed by atoms with E-state index in [4.69, 9.17) is 26.2 Å². The van der Waals surface area contributed by atoms with Crippen molar-refractivity contribution in [2.24, 2.45) is 0 Å². The predicted molar refractivity (Wildman–Crippen MR) is 136 cm³/mol. The monoisotopic (exact) mass is 509 g/mol. The van der Waals surface area contributed by atoms with Crippen molar-refractivity contribution in [1.82, 2.24) is 24.8 Å². The Bertz CT molecular complexity index is 1260. The van der Waals surface area contributed by atoms with Crippen molar-refractivity contribution in [3.8, 4) is 5.69 Å². The lowest BCUT2D eigenvalue weighted by molar-refractivity contribution is -0.155. The number of rotatable bonds is 3. The van der Waals surface area contributed by atoms with Gasteiger partial charge in [-0.1, -0.05) is 17.7 Å². The van der Waals surface area contributed by atoms with Crippen molar-refractivity contribution in [2.75, 3.05) is 0 Å². The molecule has 2 aliphatic rings. The third-order valence-electron chi connectivity index (χ3n) is 6.72. The number of aromatic nitrogens is 4. The van der Waals surface area contributed by atoms with Crippen molar-refractivity contribution < 1.29 is 14.4 Å². The Labute approximate surface area is 216 Å². The molecule has 0 amide bonds. The third-order valence-corrected chi connectivity index (χ3v) is 6.95. The van der Waals surface area contributed by atoms with E-state index < -0.39 is 11.8 Å². The zero-order valence-electron chi connectivity index (χ0n) is 21.2. The van der Waals surface area contributed by atoms with E-state index in [0.29, 0.717) is 24.0 Å². The van der Waals surface area contributed by atoms with E-state index in [1.54, 1.807) is 25.8 Å². The Hall–Kier alpha value is -2.97. The van der Waals surface area contributed by atoms with Crippen LogP contribution in [0, 0.1) is 6.92 Å². The lowest BCUT2D eigenvalue weighted by Gasteiger charge is -2.28. The first-order valence-corrected chi connectivity index (χ1v) is 12.9. The highest BCUT2D eigenvalue weighted by molar-refractivity contribution is 6.30. The van der Waals surface area contributed by atoms with Gasteiger partial charge in [-0.15, -0.1) is 15.3 Å². The zero-order chi connectivity index (χ0) is 25.4. The van der Waals surface area contributed by atoms with Gasteiger partial charge < -0.3 is 9.57 Å².